The van der Waals surface area contributed by atoms with E-state index in [1.165, 1.54) is 4.31 Å². The van der Waals surface area contributed by atoms with Gasteiger partial charge in [0.05, 0.1) is 6.10 Å². The molecule has 0 aliphatic carbocycles. The second-order valence-corrected chi connectivity index (χ2v) is 7.48. The van der Waals surface area contributed by atoms with Crippen LogP contribution in [0.15, 0.2) is 30.3 Å². The third-order valence-corrected chi connectivity index (χ3v) is 5.43. The third-order valence-electron chi connectivity index (χ3n) is 3.85. The molecule has 2 rings (SSSR count). The lowest BCUT2D eigenvalue weighted by Crippen LogP contribution is -2.45. The van der Waals surface area contributed by atoms with E-state index in [-0.39, 0.29) is 6.54 Å². The number of aliphatic hydroxyl groups is 1. The van der Waals surface area contributed by atoms with Crippen LogP contribution in [0.5, 0.6) is 0 Å². The Balaban J connectivity index is 1.82. The van der Waals surface area contributed by atoms with E-state index in [2.05, 4.69) is 11.6 Å². The molecule has 1 heterocycles. The molecule has 0 unspecified atom stereocenters. The SMILES string of the molecule is C[C@@H]1CCCN(S(=O)(=O)NCC[C@@H](O)c2ccccc2)C1. The van der Waals surface area contributed by atoms with E-state index in [1.807, 2.05) is 30.3 Å². The predicted octanol–water partition coefficient (Wildman–Crippen LogP) is 1.68. The molecule has 0 spiro atoms. The van der Waals surface area contributed by atoms with Crippen LogP contribution in [0, 0.1) is 5.92 Å². The Morgan fingerprint density at radius 1 is 1.38 bits per heavy atom. The molecule has 1 saturated heterocycles. The summed E-state index contributed by atoms with van der Waals surface area (Å²) in [7, 11) is -3.42. The summed E-state index contributed by atoms with van der Waals surface area (Å²) in [6.07, 6.45) is 1.72. The fourth-order valence-electron chi connectivity index (χ4n) is 2.62. The maximum Gasteiger partial charge on any atom is 0.279 e. The van der Waals surface area contributed by atoms with E-state index in [0.717, 1.165) is 18.4 Å². The van der Waals surface area contributed by atoms with Crippen LogP contribution in [-0.4, -0.2) is 37.5 Å². The first-order chi connectivity index (χ1) is 9.99. The van der Waals surface area contributed by atoms with Gasteiger partial charge in [-0.3, -0.25) is 0 Å². The second kappa shape index (κ2) is 7.35. The smallest absolute Gasteiger partial charge is 0.279 e. The highest BCUT2D eigenvalue weighted by molar-refractivity contribution is 7.87. The molecule has 0 saturated carbocycles. The molecule has 2 atom stereocenters. The van der Waals surface area contributed by atoms with Crippen molar-refractivity contribution in [2.24, 2.45) is 5.92 Å². The minimum absolute atomic E-state index is 0.239. The summed E-state index contributed by atoms with van der Waals surface area (Å²) >= 11 is 0. The number of piperidine rings is 1. The second-order valence-electron chi connectivity index (χ2n) is 5.72. The average molecular weight is 312 g/mol. The number of nitrogens with one attached hydrogen (secondary N) is 1. The van der Waals surface area contributed by atoms with Crippen LogP contribution in [0.3, 0.4) is 0 Å². The van der Waals surface area contributed by atoms with E-state index in [9.17, 15) is 13.5 Å². The van der Waals surface area contributed by atoms with Gasteiger partial charge in [-0.2, -0.15) is 12.7 Å². The van der Waals surface area contributed by atoms with Gasteiger partial charge < -0.3 is 5.11 Å². The van der Waals surface area contributed by atoms with E-state index in [4.69, 9.17) is 0 Å². The first-order valence-corrected chi connectivity index (χ1v) is 8.91. The molecule has 1 aliphatic heterocycles. The van der Waals surface area contributed by atoms with Gasteiger partial charge in [0.25, 0.3) is 10.2 Å². The minimum atomic E-state index is -3.42. The summed E-state index contributed by atoms with van der Waals surface area (Å²) in [6, 6.07) is 9.28. The van der Waals surface area contributed by atoms with E-state index >= 15 is 0 Å². The summed E-state index contributed by atoms with van der Waals surface area (Å²) in [5.41, 5.74) is 0.809. The van der Waals surface area contributed by atoms with Crippen molar-refractivity contribution < 1.29 is 13.5 Å². The quantitative estimate of drug-likeness (QED) is 0.839. The molecule has 0 bridgehead atoms. The van der Waals surface area contributed by atoms with Crippen molar-refractivity contribution in [1.29, 1.82) is 0 Å². The van der Waals surface area contributed by atoms with Crippen molar-refractivity contribution >= 4 is 10.2 Å². The first kappa shape index (κ1) is 16.4. The van der Waals surface area contributed by atoms with Crippen LogP contribution in [0.1, 0.15) is 37.9 Å². The van der Waals surface area contributed by atoms with Gasteiger partial charge in [-0.25, -0.2) is 4.72 Å². The van der Waals surface area contributed by atoms with Crippen molar-refractivity contribution in [1.82, 2.24) is 9.03 Å². The number of hydrogen-bond donors (Lipinski definition) is 2. The number of hydrogen-bond acceptors (Lipinski definition) is 3. The lowest BCUT2D eigenvalue weighted by atomic mass is 10.0. The summed E-state index contributed by atoms with van der Waals surface area (Å²) in [5, 5.41) is 10.0. The fourth-order valence-corrected chi connectivity index (χ4v) is 4.00. The molecule has 0 aromatic heterocycles. The van der Waals surface area contributed by atoms with Crippen molar-refractivity contribution in [2.75, 3.05) is 19.6 Å². The predicted molar refractivity (Wildman–Crippen MR) is 82.9 cm³/mol. The van der Waals surface area contributed by atoms with Gasteiger partial charge in [0.15, 0.2) is 0 Å². The minimum Gasteiger partial charge on any atom is -0.388 e. The van der Waals surface area contributed by atoms with E-state index in [0.29, 0.717) is 25.4 Å². The van der Waals surface area contributed by atoms with Gasteiger partial charge in [-0.05, 0) is 30.7 Å². The van der Waals surface area contributed by atoms with Crippen LogP contribution >= 0.6 is 0 Å². The average Bonchev–Trinajstić information content (AvgIpc) is 2.48. The summed E-state index contributed by atoms with van der Waals surface area (Å²) in [4.78, 5) is 0. The Hall–Kier alpha value is -0.950. The fraction of sp³-hybridized carbons (Fsp3) is 0.600. The molecule has 21 heavy (non-hydrogen) atoms. The zero-order valence-corrected chi connectivity index (χ0v) is 13.2. The van der Waals surface area contributed by atoms with Crippen LogP contribution < -0.4 is 4.72 Å². The molecular formula is C15H24N2O3S. The van der Waals surface area contributed by atoms with Crippen molar-refractivity contribution in [2.45, 2.75) is 32.3 Å². The molecule has 0 radical (unpaired) electrons. The Bertz CT molecular complexity index is 533. The number of aliphatic hydroxyl groups excluding tert-OH is 1. The maximum absolute atomic E-state index is 12.2. The molecule has 118 valence electrons. The molecule has 6 heteroatoms. The van der Waals surface area contributed by atoms with Gasteiger partial charge in [-0.15, -0.1) is 0 Å². The largest absolute Gasteiger partial charge is 0.388 e. The van der Waals surface area contributed by atoms with Crippen LogP contribution in [-0.2, 0) is 10.2 Å². The van der Waals surface area contributed by atoms with Crippen LogP contribution in [0.4, 0.5) is 0 Å². The standard InChI is InChI=1S/C15H24N2O3S/c1-13-6-5-11-17(12-13)21(19,20)16-10-9-15(18)14-7-3-2-4-8-14/h2-4,7-8,13,15-16,18H,5-6,9-12H2,1H3/t13-,15-/m1/s1. The Labute approximate surface area is 127 Å². The van der Waals surface area contributed by atoms with Crippen molar-refractivity contribution in [3.05, 3.63) is 35.9 Å². The lowest BCUT2D eigenvalue weighted by molar-refractivity contribution is 0.168. The molecular weight excluding hydrogens is 288 g/mol. The zero-order valence-electron chi connectivity index (χ0n) is 12.4. The summed E-state index contributed by atoms with van der Waals surface area (Å²) in [5.74, 6) is 0.408. The third kappa shape index (κ3) is 4.78. The molecule has 1 aromatic carbocycles. The molecule has 1 aliphatic rings. The molecule has 1 aromatic rings. The molecule has 5 nitrogen and oxygen atoms in total. The van der Waals surface area contributed by atoms with Crippen LogP contribution in [0.2, 0.25) is 0 Å². The van der Waals surface area contributed by atoms with Gasteiger partial charge in [0.2, 0.25) is 0 Å². The number of rotatable bonds is 6. The lowest BCUT2D eigenvalue weighted by Gasteiger charge is -2.30. The summed E-state index contributed by atoms with van der Waals surface area (Å²) < 4.78 is 28.5. The topological polar surface area (TPSA) is 69.6 Å². The van der Waals surface area contributed by atoms with Gasteiger partial charge in [0, 0.05) is 19.6 Å². The van der Waals surface area contributed by atoms with E-state index < -0.39 is 16.3 Å². The number of nitrogens with zero attached hydrogens (tertiary/aromatic N) is 1. The Morgan fingerprint density at radius 3 is 2.76 bits per heavy atom. The monoisotopic (exact) mass is 312 g/mol. The van der Waals surface area contributed by atoms with Crippen molar-refractivity contribution in [3.63, 3.8) is 0 Å². The highest BCUT2D eigenvalue weighted by atomic mass is 32.2. The van der Waals surface area contributed by atoms with Crippen LogP contribution in [0.25, 0.3) is 0 Å². The first-order valence-electron chi connectivity index (χ1n) is 7.47. The van der Waals surface area contributed by atoms with Gasteiger partial charge in [-0.1, -0.05) is 37.3 Å². The normalized spacial score (nSPS) is 22.1. The molecule has 2 N–H and O–H groups in total. The Kier molecular flexibility index (Phi) is 5.75. The number of benzene rings is 1. The summed E-state index contributed by atoms with van der Waals surface area (Å²) in [6.45, 7) is 3.47. The zero-order chi connectivity index (χ0) is 15.3. The molecule has 1 fully saturated rings. The van der Waals surface area contributed by atoms with E-state index in [1.54, 1.807) is 0 Å². The highest BCUT2D eigenvalue weighted by Crippen LogP contribution is 2.18. The van der Waals surface area contributed by atoms with Gasteiger partial charge >= 0.3 is 0 Å². The maximum atomic E-state index is 12.2. The highest BCUT2D eigenvalue weighted by Gasteiger charge is 2.26. The van der Waals surface area contributed by atoms with Crippen molar-refractivity contribution in [3.8, 4) is 0 Å². The Morgan fingerprint density at radius 2 is 2.10 bits per heavy atom. The van der Waals surface area contributed by atoms with Gasteiger partial charge in [0.1, 0.15) is 0 Å². The molecule has 0 amide bonds.